The maximum Gasteiger partial charge on any atom is 0.222 e. The van der Waals surface area contributed by atoms with Crippen LogP contribution in [0.3, 0.4) is 0 Å². The molecule has 0 saturated heterocycles. The van der Waals surface area contributed by atoms with E-state index in [9.17, 15) is 13.2 Å². The average molecular weight is 266 g/mol. The first-order valence-electron chi connectivity index (χ1n) is 5.74. The molecule has 2 N–H and O–H groups in total. The fourth-order valence-electron chi connectivity index (χ4n) is 1.10. The van der Waals surface area contributed by atoms with E-state index in [2.05, 4.69) is 10.0 Å². The first-order valence-corrected chi connectivity index (χ1v) is 7.40. The van der Waals surface area contributed by atoms with Crippen LogP contribution in [0.5, 0.6) is 0 Å². The van der Waals surface area contributed by atoms with Crippen molar-refractivity contribution in [2.45, 2.75) is 26.2 Å². The lowest BCUT2D eigenvalue weighted by Crippen LogP contribution is -2.35. The van der Waals surface area contributed by atoms with Crippen molar-refractivity contribution < 1.29 is 17.9 Å². The van der Waals surface area contributed by atoms with E-state index < -0.39 is 10.0 Å². The summed E-state index contributed by atoms with van der Waals surface area (Å²) in [4.78, 5) is 11.1. The zero-order valence-electron chi connectivity index (χ0n) is 10.5. The lowest BCUT2D eigenvalue weighted by molar-refractivity contribution is -0.121. The van der Waals surface area contributed by atoms with Gasteiger partial charge in [0.15, 0.2) is 0 Å². The summed E-state index contributed by atoms with van der Waals surface area (Å²) in [6, 6.07) is 0. The van der Waals surface area contributed by atoms with Gasteiger partial charge in [-0.15, -0.1) is 0 Å². The summed E-state index contributed by atoms with van der Waals surface area (Å²) < 4.78 is 29.9. The quantitative estimate of drug-likeness (QED) is 0.539. The van der Waals surface area contributed by atoms with Gasteiger partial charge in [-0.3, -0.25) is 4.79 Å². The number of rotatable bonds is 10. The number of amides is 1. The zero-order valence-corrected chi connectivity index (χ0v) is 11.3. The number of nitrogens with one attached hydrogen (secondary N) is 2. The minimum absolute atomic E-state index is 0.139. The van der Waals surface area contributed by atoms with Gasteiger partial charge in [0.05, 0.1) is 12.4 Å². The molecule has 7 heteroatoms. The number of carbonyl (C=O) groups is 1. The Morgan fingerprint density at radius 3 is 2.59 bits per heavy atom. The van der Waals surface area contributed by atoms with Crippen molar-refractivity contribution >= 4 is 15.9 Å². The Kier molecular flexibility index (Phi) is 9.01. The van der Waals surface area contributed by atoms with Crippen molar-refractivity contribution in [3.8, 4) is 0 Å². The smallest absolute Gasteiger partial charge is 0.222 e. The largest absolute Gasteiger partial charge is 0.384 e. The Morgan fingerprint density at radius 2 is 2.00 bits per heavy atom. The highest BCUT2D eigenvalue weighted by Crippen LogP contribution is 1.92. The minimum Gasteiger partial charge on any atom is -0.384 e. The molecule has 0 aliphatic carbocycles. The molecule has 0 bridgehead atoms. The Hall–Kier alpha value is -0.660. The number of hydrogen-bond acceptors (Lipinski definition) is 4. The molecule has 0 spiro atoms. The zero-order chi connectivity index (χ0) is 13.1. The molecular weight excluding hydrogens is 244 g/mol. The summed E-state index contributed by atoms with van der Waals surface area (Å²) in [7, 11) is -1.66. The molecule has 0 aromatic rings. The monoisotopic (exact) mass is 266 g/mol. The summed E-state index contributed by atoms with van der Waals surface area (Å²) in [6.07, 6.45) is 1.78. The molecule has 0 saturated carbocycles. The predicted molar refractivity (Wildman–Crippen MR) is 66.2 cm³/mol. The third-order valence-electron chi connectivity index (χ3n) is 2.07. The minimum atomic E-state index is -3.18. The lowest BCUT2D eigenvalue weighted by Gasteiger charge is -2.07. The van der Waals surface area contributed by atoms with Gasteiger partial charge in [0.2, 0.25) is 15.9 Å². The fourth-order valence-corrected chi connectivity index (χ4v) is 2.32. The van der Waals surface area contributed by atoms with Gasteiger partial charge in [0, 0.05) is 26.6 Å². The van der Waals surface area contributed by atoms with Crippen molar-refractivity contribution in [1.29, 1.82) is 0 Å². The highest BCUT2D eigenvalue weighted by atomic mass is 32.2. The molecule has 0 aromatic heterocycles. The molecule has 6 nitrogen and oxygen atoms in total. The molecule has 102 valence electrons. The number of carbonyl (C=O) groups excluding carboxylic acids is 1. The van der Waals surface area contributed by atoms with Crippen LogP contribution in [0.2, 0.25) is 0 Å². The van der Waals surface area contributed by atoms with Gasteiger partial charge in [0.25, 0.3) is 0 Å². The Morgan fingerprint density at radius 1 is 1.29 bits per heavy atom. The molecule has 0 aliphatic heterocycles. The molecule has 0 fully saturated rings. The van der Waals surface area contributed by atoms with E-state index in [1.807, 2.05) is 6.92 Å². The molecule has 0 aliphatic rings. The van der Waals surface area contributed by atoms with Crippen LogP contribution in [-0.2, 0) is 19.6 Å². The number of unbranched alkanes of at least 4 members (excludes halogenated alkanes) is 1. The Labute approximate surface area is 103 Å². The molecule has 0 heterocycles. The van der Waals surface area contributed by atoms with E-state index in [1.54, 1.807) is 0 Å². The average Bonchev–Trinajstić information content (AvgIpc) is 2.29. The van der Waals surface area contributed by atoms with Gasteiger partial charge in [-0.05, 0) is 6.42 Å². The second kappa shape index (κ2) is 9.38. The number of methoxy groups -OCH3 is 1. The van der Waals surface area contributed by atoms with Crippen LogP contribution < -0.4 is 10.0 Å². The van der Waals surface area contributed by atoms with Gasteiger partial charge in [0.1, 0.15) is 0 Å². The molecular formula is C10H22N2O4S. The third-order valence-corrected chi connectivity index (χ3v) is 3.54. The van der Waals surface area contributed by atoms with Crippen LogP contribution in [0, 0.1) is 0 Å². The fraction of sp³-hybridized carbons (Fsp3) is 0.900. The Bertz CT molecular complexity index is 303. The van der Waals surface area contributed by atoms with Crippen LogP contribution in [0.15, 0.2) is 0 Å². The summed E-state index contributed by atoms with van der Waals surface area (Å²) in [5, 5.41) is 2.60. The van der Waals surface area contributed by atoms with Crippen molar-refractivity contribution in [3.05, 3.63) is 0 Å². The maximum absolute atomic E-state index is 11.4. The SMILES string of the molecule is CCCCS(=O)(=O)NCCNC(=O)CCOC. The topological polar surface area (TPSA) is 84.5 Å². The van der Waals surface area contributed by atoms with Gasteiger partial charge in [-0.1, -0.05) is 13.3 Å². The summed E-state index contributed by atoms with van der Waals surface area (Å²) in [6.45, 7) is 2.83. The number of sulfonamides is 1. The summed E-state index contributed by atoms with van der Waals surface area (Å²) in [5.41, 5.74) is 0. The highest BCUT2D eigenvalue weighted by molar-refractivity contribution is 7.89. The van der Waals surface area contributed by atoms with Gasteiger partial charge >= 0.3 is 0 Å². The standard InChI is InChI=1S/C10H22N2O4S/c1-3-4-9-17(14,15)12-7-6-11-10(13)5-8-16-2/h12H,3-9H2,1-2H3,(H,11,13). The molecule has 0 radical (unpaired) electrons. The molecule has 17 heavy (non-hydrogen) atoms. The summed E-state index contributed by atoms with van der Waals surface area (Å²) in [5.74, 6) is 0.000748. The summed E-state index contributed by atoms with van der Waals surface area (Å²) >= 11 is 0. The normalized spacial score (nSPS) is 11.4. The molecule has 0 atom stereocenters. The second-order valence-corrected chi connectivity index (χ2v) is 5.59. The van der Waals surface area contributed by atoms with E-state index >= 15 is 0 Å². The highest BCUT2D eigenvalue weighted by Gasteiger charge is 2.08. The number of hydrogen-bond donors (Lipinski definition) is 2. The van der Waals surface area contributed by atoms with Gasteiger partial charge < -0.3 is 10.1 Å². The van der Waals surface area contributed by atoms with Crippen LogP contribution in [0.25, 0.3) is 0 Å². The van der Waals surface area contributed by atoms with E-state index in [1.165, 1.54) is 7.11 Å². The van der Waals surface area contributed by atoms with E-state index in [-0.39, 0.29) is 18.2 Å². The van der Waals surface area contributed by atoms with E-state index in [0.29, 0.717) is 26.0 Å². The second-order valence-electron chi connectivity index (χ2n) is 3.66. The Balaban J connectivity index is 3.59. The first kappa shape index (κ1) is 16.3. The van der Waals surface area contributed by atoms with E-state index in [4.69, 9.17) is 4.74 Å². The number of ether oxygens (including phenoxy) is 1. The maximum atomic E-state index is 11.4. The molecule has 0 rings (SSSR count). The van der Waals surface area contributed by atoms with Crippen molar-refractivity contribution in [2.75, 3.05) is 32.6 Å². The molecule has 0 aromatic carbocycles. The van der Waals surface area contributed by atoms with Crippen LogP contribution in [-0.4, -0.2) is 46.9 Å². The van der Waals surface area contributed by atoms with Crippen molar-refractivity contribution in [3.63, 3.8) is 0 Å². The van der Waals surface area contributed by atoms with Gasteiger partial charge in [-0.25, -0.2) is 13.1 Å². The van der Waals surface area contributed by atoms with Crippen LogP contribution >= 0.6 is 0 Å². The molecule has 1 amide bonds. The van der Waals surface area contributed by atoms with Crippen molar-refractivity contribution in [2.24, 2.45) is 0 Å². The van der Waals surface area contributed by atoms with Crippen molar-refractivity contribution in [1.82, 2.24) is 10.0 Å². The van der Waals surface area contributed by atoms with Crippen LogP contribution in [0.1, 0.15) is 26.2 Å². The lowest BCUT2D eigenvalue weighted by atomic mass is 10.4. The predicted octanol–water partition coefficient (Wildman–Crippen LogP) is -0.141. The first-order chi connectivity index (χ1) is 8.02. The van der Waals surface area contributed by atoms with Crippen LogP contribution in [0.4, 0.5) is 0 Å². The third kappa shape index (κ3) is 10.2. The molecule has 0 unspecified atom stereocenters. The van der Waals surface area contributed by atoms with Gasteiger partial charge in [-0.2, -0.15) is 0 Å². The van der Waals surface area contributed by atoms with E-state index in [0.717, 1.165) is 6.42 Å².